The lowest BCUT2D eigenvalue weighted by atomic mass is 9.98. The molecule has 3 heterocycles. The number of hydrogen-bond donors (Lipinski definition) is 6. The van der Waals surface area contributed by atoms with E-state index in [0.29, 0.717) is 18.4 Å². The van der Waals surface area contributed by atoms with Crippen molar-refractivity contribution in [3.8, 4) is 0 Å². The molecule has 12 nitrogen and oxygen atoms in total. The minimum absolute atomic E-state index is 0.352. The normalized spacial score (nSPS) is 39.9. The van der Waals surface area contributed by atoms with Crippen LogP contribution in [0.25, 0.3) is 0 Å². The third-order valence-corrected chi connectivity index (χ3v) is 6.65. The predicted molar refractivity (Wildman–Crippen MR) is 115 cm³/mol. The standard InChI is InChI=1S/C23H32O12/c1-11(6-7-14-12-4-2-3-5-13(12)20(29)34-14)33-21-18(27)17(26)16(25)15(35-21)8-31-22-19(28)23(30,9-24)10-32-22/h2-5,11,14-19,21-22,24-28,30H,6-10H2,1H3/t11-,14+,15+,16+,17-,18+,19-,21+,22+,23-/m0/s1. The number of carbonyl (C=O) groups excluding carboxylic acids is 1. The zero-order valence-electron chi connectivity index (χ0n) is 19.2. The number of aliphatic hydroxyl groups excluding tert-OH is 5. The smallest absolute Gasteiger partial charge is 0.339 e. The average Bonchev–Trinajstić information content (AvgIpc) is 3.33. The van der Waals surface area contributed by atoms with Gasteiger partial charge in [-0.15, -0.1) is 0 Å². The van der Waals surface area contributed by atoms with Gasteiger partial charge in [0.25, 0.3) is 0 Å². The van der Waals surface area contributed by atoms with Gasteiger partial charge in [-0.05, 0) is 25.8 Å². The highest BCUT2D eigenvalue weighted by molar-refractivity contribution is 5.93. The summed E-state index contributed by atoms with van der Waals surface area (Å²) in [7, 11) is 0. The molecule has 35 heavy (non-hydrogen) atoms. The molecule has 3 aliphatic rings. The maximum atomic E-state index is 12.0. The Labute approximate surface area is 201 Å². The minimum atomic E-state index is -1.87. The van der Waals surface area contributed by atoms with Crippen LogP contribution in [-0.4, -0.2) is 111 Å². The van der Waals surface area contributed by atoms with Crippen LogP contribution in [0.5, 0.6) is 0 Å². The number of cyclic esters (lactones) is 1. The molecule has 12 heteroatoms. The van der Waals surface area contributed by atoms with Crippen molar-refractivity contribution in [3.05, 3.63) is 35.4 Å². The van der Waals surface area contributed by atoms with Gasteiger partial charge >= 0.3 is 5.97 Å². The highest BCUT2D eigenvalue weighted by Gasteiger charge is 2.50. The average molecular weight is 500 g/mol. The van der Waals surface area contributed by atoms with Crippen molar-refractivity contribution in [3.63, 3.8) is 0 Å². The Morgan fingerprint density at radius 3 is 2.57 bits per heavy atom. The molecule has 1 aromatic carbocycles. The molecule has 0 spiro atoms. The summed E-state index contributed by atoms with van der Waals surface area (Å²) in [5, 5.41) is 60.3. The van der Waals surface area contributed by atoms with Crippen LogP contribution in [0.1, 0.15) is 41.8 Å². The van der Waals surface area contributed by atoms with Crippen molar-refractivity contribution in [1.82, 2.24) is 0 Å². The Morgan fingerprint density at radius 2 is 1.86 bits per heavy atom. The van der Waals surface area contributed by atoms with E-state index < -0.39 is 67.5 Å². The van der Waals surface area contributed by atoms with Gasteiger partial charge in [0.05, 0.1) is 31.5 Å². The van der Waals surface area contributed by atoms with Crippen LogP contribution in [0.4, 0.5) is 0 Å². The Bertz CT molecular complexity index is 882. The Balaban J connectivity index is 1.30. The van der Waals surface area contributed by atoms with E-state index in [1.807, 2.05) is 12.1 Å². The van der Waals surface area contributed by atoms with Crippen LogP contribution < -0.4 is 0 Å². The molecule has 0 aliphatic carbocycles. The number of hydrogen-bond acceptors (Lipinski definition) is 12. The molecule has 0 bridgehead atoms. The van der Waals surface area contributed by atoms with Gasteiger partial charge in [0, 0.05) is 5.56 Å². The van der Waals surface area contributed by atoms with E-state index >= 15 is 0 Å². The van der Waals surface area contributed by atoms with E-state index in [2.05, 4.69) is 0 Å². The van der Waals surface area contributed by atoms with Crippen molar-refractivity contribution >= 4 is 5.97 Å². The van der Waals surface area contributed by atoms with Gasteiger partial charge in [-0.3, -0.25) is 0 Å². The largest absolute Gasteiger partial charge is 0.454 e. The van der Waals surface area contributed by atoms with E-state index in [-0.39, 0.29) is 19.2 Å². The van der Waals surface area contributed by atoms with E-state index in [1.165, 1.54) is 0 Å². The summed E-state index contributed by atoms with van der Waals surface area (Å²) in [6, 6.07) is 7.13. The van der Waals surface area contributed by atoms with Crippen LogP contribution >= 0.6 is 0 Å². The first-order valence-electron chi connectivity index (χ1n) is 11.5. The van der Waals surface area contributed by atoms with Gasteiger partial charge in [0.1, 0.15) is 42.2 Å². The first-order chi connectivity index (χ1) is 16.6. The predicted octanol–water partition coefficient (Wildman–Crippen LogP) is -1.65. The van der Waals surface area contributed by atoms with Gasteiger partial charge in [-0.25, -0.2) is 4.79 Å². The summed E-state index contributed by atoms with van der Waals surface area (Å²) in [6.45, 7) is 0.285. The molecular formula is C23H32O12. The molecule has 196 valence electrons. The fourth-order valence-corrected chi connectivity index (χ4v) is 4.41. The number of aliphatic hydroxyl groups is 6. The van der Waals surface area contributed by atoms with Crippen LogP contribution in [0.3, 0.4) is 0 Å². The molecule has 0 unspecified atom stereocenters. The molecule has 6 N–H and O–H groups in total. The van der Waals surface area contributed by atoms with E-state index in [9.17, 15) is 35.4 Å². The number of carbonyl (C=O) groups is 1. The Hall–Kier alpha value is -1.71. The lowest BCUT2D eigenvalue weighted by Crippen LogP contribution is -2.60. The second kappa shape index (κ2) is 10.7. The number of rotatable bonds is 9. The van der Waals surface area contributed by atoms with E-state index in [1.54, 1.807) is 19.1 Å². The second-order valence-corrected chi connectivity index (χ2v) is 9.24. The van der Waals surface area contributed by atoms with Crippen molar-refractivity contribution < 1.29 is 59.1 Å². The van der Waals surface area contributed by atoms with E-state index in [0.717, 1.165) is 5.56 Å². The summed E-state index contributed by atoms with van der Waals surface area (Å²) in [4.78, 5) is 12.0. The highest BCUT2D eigenvalue weighted by Crippen LogP contribution is 2.34. The Kier molecular flexibility index (Phi) is 8.08. The third kappa shape index (κ3) is 5.37. The van der Waals surface area contributed by atoms with Gasteiger partial charge in [-0.1, -0.05) is 18.2 Å². The molecule has 0 saturated carbocycles. The SMILES string of the molecule is C[C@@H](CC[C@H]1OC(=O)c2ccccc21)O[C@@H]1O[C@H](CO[C@@H]2OC[C@@](O)(CO)[C@H]2O)[C@@H](O)[C@H](O)[C@H]1O. The fraction of sp³-hybridized carbons (Fsp3) is 0.696. The first kappa shape index (κ1) is 26.4. The van der Waals surface area contributed by atoms with Gasteiger partial charge in [0.2, 0.25) is 0 Å². The van der Waals surface area contributed by atoms with Gasteiger partial charge < -0.3 is 54.3 Å². The molecule has 0 radical (unpaired) electrons. The molecule has 1 aromatic rings. The molecule has 4 rings (SSSR count). The van der Waals surface area contributed by atoms with Crippen LogP contribution in [0.15, 0.2) is 24.3 Å². The number of ether oxygens (including phenoxy) is 5. The van der Waals surface area contributed by atoms with Crippen molar-refractivity contribution in [2.24, 2.45) is 0 Å². The molecule has 10 atom stereocenters. The molecule has 0 aromatic heterocycles. The summed E-state index contributed by atoms with van der Waals surface area (Å²) >= 11 is 0. The van der Waals surface area contributed by atoms with Gasteiger partial charge in [0.15, 0.2) is 12.6 Å². The maximum absolute atomic E-state index is 12.0. The third-order valence-electron chi connectivity index (χ3n) is 6.65. The van der Waals surface area contributed by atoms with Gasteiger partial charge in [-0.2, -0.15) is 0 Å². The topological polar surface area (TPSA) is 185 Å². The monoisotopic (exact) mass is 500 g/mol. The van der Waals surface area contributed by atoms with Crippen molar-refractivity contribution in [1.29, 1.82) is 0 Å². The summed E-state index contributed by atoms with van der Waals surface area (Å²) in [6.07, 6.45) is -9.89. The molecule has 0 amide bonds. The molecule has 3 aliphatic heterocycles. The molecule has 2 fully saturated rings. The minimum Gasteiger partial charge on any atom is -0.454 e. The molecular weight excluding hydrogens is 468 g/mol. The number of esters is 1. The number of benzene rings is 1. The van der Waals surface area contributed by atoms with Crippen LogP contribution in [0.2, 0.25) is 0 Å². The van der Waals surface area contributed by atoms with Crippen LogP contribution in [0, 0.1) is 0 Å². The highest BCUT2D eigenvalue weighted by atomic mass is 16.7. The van der Waals surface area contributed by atoms with Crippen molar-refractivity contribution in [2.75, 3.05) is 19.8 Å². The molecule has 2 saturated heterocycles. The van der Waals surface area contributed by atoms with Crippen molar-refractivity contribution in [2.45, 2.75) is 80.7 Å². The first-order valence-corrected chi connectivity index (χ1v) is 11.5. The lowest BCUT2D eigenvalue weighted by molar-refractivity contribution is -0.318. The quantitative estimate of drug-likeness (QED) is 0.213. The Morgan fingerprint density at radius 1 is 1.11 bits per heavy atom. The lowest BCUT2D eigenvalue weighted by Gasteiger charge is -2.41. The fourth-order valence-electron chi connectivity index (χ4n) is 4.41. The van der Waals surface area contributed by atoms with E-state index in [4.69, 9.17) is 23.7 Å². The van der Waals surface area contributed by atoms with Crippen LogP contribution in [-0.2, 0) is 23.7 Å². The maximum Gasteiger partial charge on any atom is 0.339 e. The number of fused-ring (bicyclic) bond motifs is 1. The summed E-state index contributed by atoms with van der Waals surface area (Å²) in [5.41, 5.74) is -0.536. The summed E-state index contributed by atoms with van der Waals surface area (Å²) in [5.74, 6) is -0.376. The second-order valence-electron chi connectivity index (χ2n) is 9.24. The zero-order chi connectivity index (χ0) is 25.3. The zero-order valence-corrected chi connectivity index (χ0v) is 19.2. The summed E-state index contributed by atoms with van der Waals surface area (Å²) < 4.78 is 27.4.